The van der Waals surface area contributed by atoms with Crippen molar-refractivity contribution in [2.24, 2.45) is 0 Å². The Balaban J connectivity index is 1.90. The highest BCUT2D eigenvalue weighted by atomic mass is 19.4. The standard InChI is InChI=1S/C27H28F3N7O3/c1-15-8-16(2)10-19(9-15)33-26-32-14-21(23(34-26)37-17(3)11-22(35-37)27(28,29)30)20-12-18(25(38)39)13-31-24(20)40-7-6-36(4)5/h8-14H,6-7H2,1-5H3,(H,38,39)(H,32,33,34). The summed E-state index contributed by atoms with van der Waals surface area (Å²) in [5, 5.41) is 16.5. The van der Waals surface area contributed by atoms with Gasteiger partial charge in [-0.15, -0.1) is 0 Å². The maximum absolute atomic E-state index is 13.6. The van der Waals surface area contributed by atoms with E-state index in [1.54, 1.807) is 0 Å². The molecule has 4 rings (SSSR count). The normalized spacial score (nSPS) is 11.6. The molecule has 0 amide bonds. The summed E-state index contributed by atoms with van der Waals surface area (Å²) < 4.78 is 47.5. The van der Waals surface area contributed by atoms with Crippen molar-refractivity contribution in [1.82, 2.24) is 29.6 Å². The van der Waals surface area contributed by atoms with Crippen molar-refractivity contribution < 1.29 is 27.8 Å². The zero-order chi connectivity index (χ0) is 29.2. The number of halogens is 3. The second kappa shape index (κ2) is 11.3. The summed E-state index contributed by atoms with van der Waals surface area (Å²) in [7, 11) is 3.72. The number of aryl methyl sites for hydroxylation is 3. The van der Waals surface area contributed by atoms with Crippen LogP contribution in [0.25, 0.3) is 16.9 Å². The number of aromatic carboxylic acids is 1. The number of hydrogen-bond acceptors (Lipinski definition) is 8. The Bertz CT molecular complexity index is 1530. The number of carboxylic acid groups (broad SMARTS) is 1. The predicted molar refractivity (Wildman–Crippen MR) is 142 cm³/mol. The van der Waals surface area contributed by atoms with E-state index >= 15 is 0 Å². The molecule has 1 aromatic carbocycles. The highest BCUT2D eigenvalue weighted by molar-refractivity contribution is 5.90. The summed E-state index contributed by atoms with van der Waals surface area (Å²) >= 11 is 0. The third kappa shape index (κ3) is 6.54. The Labute approximate surface area is 228 Å². The van der Waals surface area contributed by atoms with Crippen LogP contribution in [0.2, 0.25) is 0 Å². The van der Waals surface area contributed by atoms with Gasteiger partial charge >= 0.3 is 12.1 Å². The summed E-state index contributed by atoms with van der Waals surface area (Å²) in [4.78, 5) is 26.7. The van der Waals surface area contributed by atoms with E-state index in [1.807, 2.05) is 51.0 Å². The van der Waals surface area contributed by atoms with Crippen LogP contribution >= 0.6 is 0 Å². The van der Waals surface area contributed by atoms with Gasteiger partial charge in [0.15, 0.2) is 11.5 Å². The molecule has 0 aliphatic heterocycles. The summed E-state index contributed by atoms with van der Waals surface area (Å²) in [6.45, 7) is 6.09. The Morgan fingerprint density at radius 1 is 1.02 bits per heavy atom. The molecule has 4 aromatic rings. The van der Waals surface area contributed by atoms with Crippen molar-refractivity contribution >= 4 is 17.6 Å². The van der Waals surface area contributed by atoms with Crippen molar-refractivity contribution in [1.29, 1.82) is 0 Å². The lowest BCUT2D eigenvalue weighted by Gasteiger charge is -2.17. The molecule has 210 valence electrons. The molecular formula is C27H28F3N7O3. The molecule has 0 radical (unpaired) electrons. The third-order valence-electron chi connectivity index (χ3n) is 5.79. The molecule has 13 heteroatoms. The monoisotopic (exact) mass is 555 g/mol. The fraction of sp³-hybridized carbons (Fsp3) is 0.296. The minimum Gasteiger partial charge on any atom is -0.478 e. The highest BCUT2D eigenvalue weighted by Crippen LogP contribution is 2.35. The average Bonchev–Trinajstić information content (AvgIpc) is 3.25. The minimum absolute atomic E-state index is 0.0170. The van der Waals surface area contributed by atoms with Gasteiger partial charge in [0.05, 0.1) is 16.7 Å². The van der Waals surface area contributed by atoms with Crippen molar-refractivity contribution in [3.63, 3.8) is 0 Å². The Morgan fingerprint density at radius 2 is 1.73 bits per heavy atom. The molecular weight excluding hydrogens is 527 g/mol. The molecule has 0 aliphatic rings. The average molecular weight is 556 g/mol. The number of likely N-dealkylation sites (N-methyl/N-ethyl adjacent to an activating group) is 1. The Kier molecular flexibility index (Phi) is 8.05. The predicted octanol–water partition coefficient (Wildman–Crippen LogP) is 5.05. The van der Waals surface area contributed by atoms with E-state index in [-0.39, 0.29) is 46.6 Å². The van der Waals surface area contributed by atoms with Crippen LogP contribution in [0.3, 0.4) is 0 Å². The fourth-order valence-corrected chi connectivity index (χ4v) is 3.99. The summed E-state index contributed by atoms with van der Waals surface area (Å²) in [5.74, 6) is -1.08. The molecule has 0 atom stereocenters. The van der Waals surface area contributed by atoms with Gasteiger partial charge in [-0.05, 0) is 70.3 Å². The smallest absolute Gasteiger partial charge is 0.435 e. The molecule has 0 saturated carbocycles. The van der Waals surface area contributed by atoms with Gasteiger partial charge in [-0.25, -0.2) is 19.4 Å². The van der Waals surface area contributed by atoms with Crippen LogP contribution in [0, 0.1) is 20.8 Å². The van der Waals surface area contributed by atoms with Crippen molar-refractivity contribution in [3.8, 4) is 22.8 Å². The van der Waals surface area contributed by atoms with Gasteiger partial charge in [-0.1, -0.05) is 6.07 Å². The largest absolute Gasteiger partial charge is 0.478 e. The van der Waals surface area contributed by atoms with E-state index < -0.39 is 17.8 Å². The van der Waals surface area contributed by atoms with Crippen LogP contribution < -0.4 is 10.1 Å². The van der Waals surface area contributed by atoms with Crippen LogP contribution in [0.5, 0.6) is 5.88 Å². The van der Waals surface area contributed by atoms with Gasteiger partial charge in [-0.3, -0.25) is 0 Å². The summed E-state index contributed by atoms with van der Waals surface area (Å²) in [5.41, 5.74) is 1.95. The second-order valence-electron chi connectivity index (χ2n) is 9.55. The number of anilines is 2. The number of carbonyl (C=O) groups is 1. The van der Waals surface area contributed by atoms with Gasteiger partial charge in [0, 0.05) is 30.3 Å². The van der Waals surface area contributed by atoms with E-state index in [0.29, 0.717) is 12.2 Å². The number of nitrogens with one attached hydrogen (secondary N) is 1. The molecule has 0 spiro atoms. The van der Waals surface area contributed by atoms with Gasteiger partial charge in [0.1, 0.15) is 6.61 Å². The number of carboxylic acids is 1. The molecule has 0 bridgehead atoms. The van der Waals surface area contributed by atoms with E-state index in [4.69, 9.17) is 4.74 Å². The van der Waals surface area contributed by atoms with Gasteiger partial charge < -0.3 is 20.1 Å². The zero-order valence-electron chi connectivity index (χ0n) is 22.5. The molecule has 40 heavy (non-hydrogen) atoms. The lowest BCUT2D eigenvalue weighted by Crippen LogP contribution is -2.20. The lowest BCUT2D eigenvalue weighted by molar-refractivity contribution is -0.141. The van der Waals surface area contributed by atoms with E-state index in [0.717, 1.165) is 28.1 Å². The summed E-state index contributed by atoms with van der Waals surface area (Å²) in [6, 6.07) is 7.97. The van der Waals surface area contributed by atoms with Crippen molar-refractivity contribution in [2.75, 3.05) is 32.6 Å². The number of nitrogens with zero attached hydrogens (tertiary/aromatic N) is 6. The maximum atomic E-state index is 13.6. The van der Waals surface area contributed by atoms with E-state index in [9.17, 15) is 23.1 Å². The molecule has 10 nitrogen and oxygen atoms in total. The first kappa shape index (κ1) is 28.5. The van der Waals surface area contributed by atoms with Crippen LogP contribution in [-0.2, 0) is 6.18 Å². The fourth-order valence-electron chi connectivity index (χ4n) is 3.99. The SMILES string of the molecule is Cc1cc(C)cc(Nc2ncc(-c3cc(C(=O)O)cnc3OCCN(C)C)c(-n3nc(C(F)(F)F)cc3C)n2)c1. The van der Waals surface area contributed by atoms with E-state index in [2.05, 4.69) is 25.4 Å². The molecule has 0 saturated heterocycles. The minimum atomic E-state index is -4.69. The molecule has 0 fully saturated rings. The Morgan fingerprint density at radius 3 is 2.33 bits per heavy atom. The quantitative estimate of drug-likeness (QED) is 0.292. The molecule has 2 N–H and O–H groups in total. The first-order chi connectivity index (χ1) is 18.8. The number of pyridine rings is 1. The van der Waals surface area contributed by atoms with Crippen LogP contribution in [0.4, 0.5) is 24.8 Å². The molecule has 0 unspecified atom stereocenters. The third-order valence-corrected chi connectivity index (χ3v) is 5.79. The van der Waals surface area contributed by atoms with Crippen LogP contribution in [0.15, 0.2) is 42.7 Å². The van der Waals surface area contributed by atoms with Crippen molar-refractivity contribution in [3.05, 3.63) is 70.8 Å². The van der Waals surface area contributed by atoms with Crippen LogP contribution in [0.1, 0.15) is 32.9 Å². The number of alkyl halides is 3. The summed E-state index contributed by atoms with van der Waals surface area (Å²) in [6.07, 6.45) is -2.16. The number of rotatable bonds is 9. The van der Waals surface area contributed by atoms with Gasteiger partial charge in [0.25, 0.3) is 0 Å². The first-order valence-electron chi connectivity index (χ1n) is 12.2. The zero-order valence-corrected chi connectivity index (χ0v) is 22.5. The van der Waals surface area contributed by atoms with E-state index in [1.165, 1.54) is 19.2 Å². The second-order valence-corrected chi connectivity index (χ2v) is 9.55. The van der Waals surface area contributed by atoms with Crippen molar-refractivity contribution in [2.45, 2.75) is 26.9 Å². The number of ether oxygens (including phenoxy) is 1. The molecule has 0 aliphatic carbocycles. The number of hydrogen-bond donors (Lipinski definition) is 2. The van der Waals surface area contributed by atoms with Gasteiger partial charge in [-0.2, -0.15) is 23.3 Å². The first-order valence-corrected chi connectivity index (χ1v) is 12.2. The number of benzene rings is 1. The number of aromatic nitrogens is 5. The molecule has 3 heterocycles. The topological polar surface area (TPSA) is 118 Å². The van der Waals surface area contributed by atoms with Crippen LogP contribution in [-0.4, -0.2) is 68.0 Å². The molecule has 3 aromatic heterocycles. The Hall–Kier alpha value is -4.52. The maximum Gasteiger partial charge on any atom is 0.435 e. The van der Waals surface area contributed by atoms with Gasteiger partial charge in [0.2, 0.25) is 11.8 Å². The lowest BCUT2D eigenvalue weighted by atomic mass is 10.1. The highest BCUT2D eigenvalue weighted by Gasteiger charge is 2.35.